The Bertz CT molecular complexity index is 355. The second kappa shape index (κ2) is 1.91. The van der Waals surface area contributed by atoms with Gasteiger partial charge in [0.25, 0.3) is 0 Å². The van der Waals surface area contributed by atoms with Gasteiger partial charge in [-0.25, -0.2) is 0 Å². The number of nitrogens with one attached hydrogen (secondary N) is 1. The van der Waals surface area contributed by atoms with Crippen LogP contribution in [0.5, 0.6) is 0 Å². The summed E-state index contributed by atoms with van der Waals surface area (Å²) >= 11 is 4.98. The van der Waals surface area contributed by atoms with E-state index in [-0.39, 0.29) is 0 Å². The minimum Gasteiger partial charge on any atom is -0.257 e. The van der Waals surface area contributed by atoms with Gasteiger partial charge < -0.3 is 0 Å². The minimum absolute atomic E-state index is 0.742. The van der Waals surface area contributed by atoms with E-state index in [1.807, 2.05) is 18.2 Å². The number of H-pyrrole nitrogens is 1. The van der Waals surface area contributed by atoms with E-state index >= 15 is 0 Å². The first-order chi connectivity index (χ1) is 4.88. The highest BCUT2D eigenvalue weighted by Crippen LogP contribution is 2.15. The van der Waals surface area contributed by atoms with Crippen molar-refractivity contribution in [2.75, 3.05) is 0 Å². The number of aromatic nitrogens is 3. The average molecular weight is 150 g/mol. The van der Waals surface area contributed by atoms with Crippen LogP contribution in [0.2, 0.25) is 0 Å². The van der Waals surface area contributed by atoms with E-state index in [4.69, 9.17) is 12.6 Å². The molecule has 1 aromatic carbocycles. The lowest BCUT2D eigenvalue weighted by molar-refractivity contribution is 0.957. The van der Waals surface area contributed by atoms with Crippen molar-refractivity contribution in [2.45, 2.75) is 4.90 Å². The fraction of sp³-hybridized carbons (Fsp3) is 0. The second-order valence-electron chi connectivity index (χ2n) is 1.96. The molecule has 0 saturated heterocycles. The van der Waals surface area contributed by atoms with Gasteiger partial charge in [-0.1, -0.05) is 23.9 Å². The average Bonchev–Trinajstić information content (AvgIpc) is 2.36. The summed E-state index contributed by atoms with van der Waals surface area (Å²) < 4.78 is 0. The SMILES string of the molecule is [S]c1cccc2[nH]nnc12. The molecule has 0 atom stereocenters. The first kappa shape index (κ1) is 5.61. The van der Waals surface area contributed by atoms with Crippen molar-refractivity contribution < 1.29 is 0 Å². The monoisotopic (exact) mass is 150 g/mol. The summed E-state index contributed by atoms with van der Waals surface area (Å²) in [5.74, 6) is 0. The van der Waals surface area contributed by atoms with Crippen LogP contribution in [0.15, 0.2) is 23.1 Å². The standard InChI is InChI=1S/C6H4N3S/c10-5-3-1-2-4-6(5)8-9-7-4/h1-3H,(H,7,8,9). The Kier molecular flexibility index (Phi) is 1.07. The van der Waals surface area contributed by atoms with E-state index < -0.39 is 0 Å². The van der Waals surface area contributed by atoms with Gasteiger partial charge in [0, 0.05) is 0 Å². The van der Waals surface area contributed by atoms with Crippen molar-refractivity contribution in [2.24, 2.45) is 0 Å². The lowest BCUT2D eigenvalue weighted by atomic mass is 10.3. The topological polar surface area (TPSA) is 41.6 Å². The van der Waals surface area contributed by atoms with Crippen LogP contribution in [0.25, 0.3) is 11.0 Å². The van der Waals surface area contributed by atoms with Crippen LogP contribution in [0.4, 0.5) is 0 Å². The van der Waals surface area contributed by atoms with Gasteiger partial charge in [0.2, 0.25) is 0 Å². The first-order valence-corrected chi connectivity index (χ1v) is 3.25. The number of benzene rings is 1. The molecule has 0 fully saturated rings. The maximum atomic E-state index is 4.98. The molecule has 10 heavy (non-hydrogen) atoms. The van der Waals surface area contributed by atoms with Crippen LogP contribution in [-0.4, -0.2) is 15.4 Å². The summed E-state index contributed by atoms with van der Waals surface area (Å²) in [5.41, 5.74) is 1.67. The van der Waals surface area contributed by atoms with Gasteiger partial charge in [0.15, 0.2) is 0 Å². The predicted octanol–water partition coefficient (Wildman–Crippen LogP) is 1.51. The predicted molar refractivity (Wildman–Crippen MR) is 39.7 cm³/mol. The Morgan fingerprint density at radius 3 is 3.10 bits per heavy atom. The maximum absolute atomic E-state index is 4.98. The van der Waals surface area contributed by atoms with Crippen molar-refractivity contribution >= 4 is 23.7 Å². The summed E-state index contributed by atoms with van der Waals surface area (Å²) in [6.07, 6.45) is 0. The van der Waals surface area contributed by atoms with Gasteiger partial charge in [-0.3, -0.25) is 5.10 Å². The lowest BCUT2D eigenvalue weighted by Crippen LogP contribution is -1.70. The van der Waals surface area contributed by atoms with Crippen LogP contribution in [0.1, 0.15) is 0 Å². The van der Waals surface area contributed by atoms with Crippen molar-refractivity contribution in [3.05, 3.63) is 18.2 Å². The van der Waals surface area contributed by atoms with E-state index in [0.29, 0.717) is 0 Å². The van der Waals surface area contributed by atoms with Gasteiger partial charge >= 0.3 is 0 Å². The van der Waals surface area contributed by atoms with E-state index in [2.05, 4.69) is 15.4 Å². The minimum atomic E-state index is 0.742. The third-order valence-electron chi connectivity index (χ3n) is 1.32. The van der Waals surface area contributed by atoms with E-state index in [1.54, 1.807) is 0 Å². The molecule has 2 aromatic rings. The molecule has 1 heterocycles. The van der Waals surface area contributed by atoms with Crippen molar-refractivity contribution in [3.63, 3.8) is 0 Å². The number of hydrogen-bond acceptors (Lipinski definition) is 2. The summed E-state index contributed by atoms with van der Waals surface area (Å²) in [4.78, 5) is 0.742. The highest BCUT2D eigenvalue weighted by atomic mass is 32.1. The Hall–Kier alpha value is -1.16. The molecule has 1 aromatic heterocycles. The molecule has 0 bridgehead atoms. The molecule has 2 rings (SSSR count). The number of nitrogens with zero attached hydrogens (tertiary/aromatic N) is 2. The summed E-state index contributed by atoms with van der Waals surface area (Å²) in [6.45, 7) is 0. The Morgan fingerprint density at radius 1 is 1.40 bits per heavy atom. The smallest absolute Gasteiger partial charge is 0.130 e. The molecule has 0 aliphatic rings. The zero-order valence-corrected chi connectivity index (χ0v) is 5.85. The van der Waals surface area contributed by atoms with Gasteiger partial charge in [0.05, 0.1) is 10.4 Å². The fourth-order valence-electron chi connectivity index (χ4n) is 0.845. The van der Waals surface area contributed by atoms with Crippen molar-refractivity contribution in [1.29, 1.82) is 0 Å². The number of fused-ring (bicyclic) bond motifs is 1. The highest BCUT2D eigenvalue weighted by molar-refractivity contribution is 7.80. The van der Waals surface area contributed by atoms with Gasteiger partial charge in [0.1, 0.15) is 5.52 Å². The second-order valence-corrected chi connectivity index (χ2v) is 2.40. The van der Waals surface area contributed by atoms with Crippen LogP contribution in [-0.2, 0) is 0 Å². The van der Waals surface area contributed by atoms with E-state index in [9.17, 15) is 0 Å². The van der Waals surface area contributed by atoms with Crippen LogP contribution in [0.3, 0.4) is 0 Å². The van der Waals surface area contributed by atoms with Gasteiger partial charge in [-0.2, -0.15) is 0 Å². The zero-order chi connectivity index (χ0) is 6.97. The molecule has 4 heteroatoms. The summed E-state index contributed by atoms with van der Waals surface area (Å²) in [5, 5.41) is 10.2. The molecule has 0 unspecified atom stereocenters. The van der Waals surface area contributed by atoms with Crippen molar-refractivity contribution in [1.82, 2.24) is 15.4 Å². The molecule has 3 nitrogen and oxygen atoms in total. The van der Waals surface area contributed by atoms with E-state index in [1.165, 1.54) is 0 Å². The van der Waals surface area contributed by atoms with Crippen LogP contribution in [0, 0.1) is 0 Å². The zero-order valence-electron chi connectivity index (χ0n) is 5.03. The Morgan fingerprint density at radius 2 is 2.30 bits per heavy atom. The normalized spacial score (nSPS) is 10.4. The highest BCUT2D eigenvalue weighted by Gasteiger charge is 1.98. The number of aromatic amines is 1. The molecule has 1 radical (unpaired) electrons. The Balaban J connectivity index is 2.95. The van der Waals surface area contributed by atoms with Crippen LogP contribution >= 0.6 is 12.6 Å². The third kappa shape index (κ3) is 0.657. The molecule has 0 amide bonds. The molecule has 0 saturated carbocycles. The largest absolute Gasteiger partial charge is 0.257 e. The molecular weight excluding hydrogens is 146 g/mol. The molecule has 49 valence electrons. The fourth-order valence-corrected chi connectivity index (χ4v) is 1.07. The Labute approximate surface area is 62.9 Å². The molecule has 0 aliphatic heterocycles. The van der Waals surface area contributed by atoms with Gasteiger partial charge in [-0.05, 0) is 12.1 Å². The van der Waals surface area contributed by atoms with E-state index in [0.717, 1.165) is 15.9 Å². The maximum Gasteiger partial charge on any atom is 0.130 e. The summed E-state index contributed by atoms with van der Waals surface area (Å²) in [6, 6.07) is 5.61. The summed E-state index contributed by atoms with van der Waals surface area (Å²) in [7, 11) is 0. The lowest BCUT2D eigenvalue weighted by Gasteiger charge is -1.86. The number of hydrogen-bond donors (Lipinski definition) is 1. The molecule has 0 spiro atoms. The molecule has 0 aliphatic carbocycles. The first-order valence-electron chi connectivity index (χ1n) is 2.85. The van der Waals surface area contributed by atoms with Crippen molar-refractivity contribution in [3.8, 4) is 0 Å². The van der Waals surface area contributed by atoms with Crippen LogP contribution < -0.4 is 0 Å². The third-order valence-corrected chi connectivity index (χ3v) is 1.65. The number of rotatable bonds is 0. The van der Waals surface area contributed by atoms with Gasteiger partial charge in [-0.15, -0.1) is 5.10 Å². The molecular formula is C6H4N3S. The quantitative estimate of drug-likeness (QED) is 0.618. The molecule has 1 N–H and O–H groups in total.